The molecule has 3 aromatic rings. The summed E-state index contributed by atoms with van der Waals surface area (Å²) in [7, 11) is 0. The molecule has 1 fully saturated rings. The van der Waals surface area contributed by atoms with Crippen molar-refractivity contribution in [3.8, 4) is 0 Å². The summed E-state index contributed by atoms with van der Waals surface area (Å²) in [5.41, 5.74) is 2.39. The summed E-state index contributed by atoms with van der Waals surface area (Å²) in [6, 6.07) is 17.8. The number of nitrogens with one attached hydrogen (secondary N) is 2. The lowest BCUT2D eigenvalue weighted by molar-refractivity contribution is -0.131. The number of hydrogen-bond acceptors (Lipinski definition) is 4. The van der Waals surface area contributed by atoms with E-state index in [-0.39, 0.29) is 18.4 Å². The molecule has 1 saturated heterocycles. The molecule has 0 aliphatic carbocycles. The Labute approximate surface area is 163 Å². The number of nitrogens with zero attached hydrogens (tertiary/aromatic N) is 3. The van der Waals surface area contributed by atoms with Gasteiger partial charge in [0.15, 0.2) is 5.69 Å². The highest BCUT2D eigenvalue weighted by molar-refractivity contribution is 6.05. The maximum absolute atomic E-state index is 12.5. The first kappa shape index (κ1) is 18.2. The minimum Gasteiger partial charge on any atom is -0.342 e. The smallest absolute Gasteiger partial charge is 0.272 e. The van der Waals surface area contributed by atoms with E-state index >= 15 is 0 Å². The standard InChI is InChI=1S/C21H23N5O2/c27-19(14-22-21(28)20-17-8-4-5-9-18(17)23-24-20)26-12-10-25(11-13-26)15-16-6-2-1-3-7-16/h1-9H,10-15H2,(H,22,28)(H,23,24). The van der Waals surface area contributed by atoms with Gasteiger partial charge in [-0.15, -0.1) is 0 Å². The Bertz CT molecular complexity index is 961. The predicted molar refractivity (Wildman–Crippen MR) is 107 cm³/mol. The van der Waals surface area contributed by atoms with Gasteiger partial charge in [0.25, 0.3) is 5.91 Å². The molecule has 4 rings (SSSR count). The fraction of sp³-hybridized carbons (Fsp3) is 0.286. The second-order valence-electron chi connectivity index (χ2n) is 6.94. The van der Waals surface area contributed by atoms with Crippen LogP contribution in [-0.4, -0.2) is 64.5 Å². The number of aromatic nitrogens is 2. The maximum Gasteiger partial charge on any atom is 0.272 e. The fourth-order valence-electron chi connectivity index (χ4n) is 3.48. The van der Waals surface area contributed by atoms with E-state index in [1.807, 2.05) is 47.4 Å². The number of fused-ring (bicyclic) bond motifs is 1. The van der Waals surface area contributed by atoms with Crippen molar-refractivity contribution in [3.63, 3.8) is 0 Å². The monoisotopic (exact) mass is 377 g/mol. The quantitative estimate of drug-likeness (QED) is 0.708. The van der Waals surface area contributed by atoms with Crippen LogP contribution in [0.2, 0.25) is 0 Å². The van der Waals surface area contributed by atoms with Crippen LogP contribution in [0.4, 0.5) is 0 Å². The van der Waals surface area contributed by atoms with Gasteiger partial charge in [-0.25, -0.2) is 0 Å². The molecule has 0 spiro atoms. The van der Waals surface area contributed by atoms with Crippen molar-refractivity contribution < 1.29 is 9.59 Å². The zero-order valence-corrected chi connectivity index (χ0v) is 15.6. The lowest BCUT2D eigenvalue weighted by Gasteiger charge is -2.34. The molecular formula is C21H23N5O2. The van der Waals surface area contributed by atoms with E-state index < -0.39 is 0 Å². The van der Waals surface area contributed by atoms with Crippen LogP contribution in [0.25, 0.3) is 10.9 Å². The maximum atomic E-state index is 12.5. The SMILES string of the molecule is O=C(NCC(=O)N1CCN(Cc2ccccc2)CC1)c1n[nH]c2ccccc12. The number of piperazine rings is 1. The van der Waals surface area contributed by atoms with Crippen molar-refractivity contribution in [2.24, 2.45) is 0 Å². The van der Waals surface area contributed by atoms with Crippen molar-refractivity contribution in [2.45, 2.75) is 6.54 Å². The molecule has 28 heavy (non-hydrogen) atoms. The summed E-state index contributed by atoms with van der Waals surface area (Å²) in [6.45, 7) is 3.89. The lowest BCUT2D eigenvalue weighted by atomic mass is 10.2. The third-order valence-electron chi connectivity index (χ3n) is 5.06. The number of carbonyl (C=O) groups is 2. The van der Waals surface area contributed by atoms with E-state index in [2.05, 4.69) is 32.5 Å². The van der Waals surface area contributed by atoms with Gasteiger partial charge in [0.05, 0.1) is 12.1 Å². The van der Waals surface area contributed by atoms with Gasteiger partial charge < -0.3 is 10.2 Å². The number of hydrogen-bond donors (Lipinski definition) is 2. The third kappa shape index (κ3) is 4.04. The van der Waals surface area contributed by atoms with Gasteiger partial charge in [-0.2, -0.15) is 5.10 Å². The molecule has 0 saturated carbocycles. The van der Waals surface area contributed by atoms with Gasteiger partial charge in [0.1, 0.15) is 0 Å². The number of benzene rings is 2. The first-order chi connectivity index (χ1) is 13.7. The number of amides is 2. The van der Waals surface area contributed by atoms with Gasteiger partial charge in [0.2, 0.25) is 5.91 Å². The third-order valence-corrected chi connectivity index (χ3v) is 5.06. The van der Waals surface area contributed by atoms with Crippen molar-refractivity contribution in [1.82, 2.24) is 25.3 Å². The Balaban J connectivity index is 1.26. The van der Waals surface area contributed by atoms with E-state index in [0.717, 1.165) is 30.5 Å². The van der Waals surface area contributed by atoms with Crippen molar-refractivity contribution in [3.05, 3.63) is 65.9 Å². The van der Waals surface area contributed by atoms with E-state index in [4.69, 9.17) is 0 Å². The minimum atomic E-state index is -0.339. The highest BCUT2D eigenvalue weighted by atomic mass is 16.2. The predicted octanol–water partition coefficient (Wildman–Crippen LogP) is 1.64. The molecule has 7 heteroatoms. The molecule has 2 heterocycles. The number of aromatic amines is 1. The summed E-state index contributed by atoms with van der Waals surface area (Å²) in [6.07, 6.45) is 0. The van der Waals surface area contributed by atoms with Crippen LogP contribution < -0.4 is 5.32 Å². The number of H-pyrrole nitrogens is 1. The van der Waals surface area contributed by atoms with Crippen LogP contribution in [0.5, 0.6) is 0 Å². The molecule has 0 radical (unpaired) electrons. The molecule has 2 aromatic carbocycles. The van der Waals surface area contributed by atoms with Crippen LogP contribution in [0.1, 0.15) is 16.1 Å². The summed E-state index contributed by atoms with van der Waals surface area (Å²) >= 11 is 0. The van der Waals surface area contributed by atoms with Crippen LogP contribution in [0.15, 0.2) is 54.6 Å². The van der Waals surface area contributed by atoms with E-state index in [9.17, 15) is 9.59 Å². The minimum absolute atomic E-state index is 0.0152. The molecule has 144 valence electrons. The van der Waals surface area contributed by atoms with Crippen molar-refractivity contribution >= 4 is 22.7 Å². The molecule has 1 aliphatic heterocycles. The van der Waals surface area contributed by atoms with Crippen LogP contribution in [0, 0.1) is 0 Å². The number of para-hydroxylation sites is 1. The van der Waals surface area contributed by atoms with Gasteiger partial charge in [-0.3, -0.25) is 19.6 Å². The van der Waals surface area contributed by atoms with E-state index in [0.29, 0.717) is 18.8 Å². The van der Waals surface area contributed by atoms with Gasteiger partial charge in [0, 0.05) is 38.1 Å². The topological polar surface area (TPSA) is 81.3 Å². The number of rotatable bonds is 5. The highest BCUT2D eigenvalue weighted by Crippen LogP contribution is 2.14. The molecule has 1 aromatic heterocycles. The largest absolute Gasteiger partial charge is 0.342 e. The second kappa shape index (κ2) is 8.22. The van der Waals surface area contributed by atoms with Crippen LogP contribution in [-0.2, 0) is 11.3 Å². The normalized spacial score (nSPS) is 14.9. The molecule has 2 amide bonds. The second-order valence-corrected chi connectivity index (χ2v) is 6.94. The zero-order valence-electron chi connectivity index (χ0n) is 15.6. The first-order valence-electron chi connectivity index (χ1n) is 9.46. The molecule has 0 bridgehead atoms. The summed E-state index contributed by atoms with van der Waals surface area (Å²) < 4.78 is 0. The summed E-state index contributed by atoms with van der Waals surface area (Å²) in [5, 5.41) is 10.4. The molecule has 7 nitrogen and oxygen atoms in total. The zero-order chi connectivity index (χ0) is 19.3. The summed E-state index contributed by atoms with van der Waals surface area (Å²) in [4.78, 5) is 29.0. The Kier molecular flexibility index (Phi) is 5.34. The molecule has 2 N–H and O–H groups in total. The van der Waals surface area contributed by atoms with Crippen molar-refractivity contribution in [1.29, 1.82) is 0 Å². The Morgan fingerprint density at radius 2 is 1.68 bits per heavy atom. The summed E-state index contributed by atoms with van der Waals surface area (Å²) in [5.74, 6) is -0.402. The molecular weight excluding hydrogens is 354 g/mol. The Hall–Kier alpha value is -3.19. The van der Waals surface area contributed by atoms with E-state index in [1.54, 1.807) is 0 Å². The van der Waals surface area contributed by atoms with Crippen LogP contribution >= 0.6 is 0 Å². The Morgan fingerprint density at radius 1 is 0.964 bits per heavy atom. The Morgan fingerprint density at radius 3 is 2.46 bits per heavy atom. The highest BCUT2D eigenvalue weighted by Gasteiger charge is 2.22. The molecule has 1 aliphatic rings. The number of carbonyl (C=O) groups excluding carboxylic acids is 2. The van der Waals surface area contributed by atoms with Crippen LogP contribution in [0.3, 0.4) is 0 Å². The van der Waals surface area contributed by atoms with Gasteiger partial charge >= 0.3 is 0 Å². The van der Waals surface area contributed by atoms with Crippen molar-refractivity contribution in [2.75, 3.05) is 32.7 Å². The van der Waals surface area contributed by atoms with E-state index in [1.165, 1.54) is 5.56 Å². The van der Waals surface area contributed by atoms with Gasteiger partial charge in [-0.1, -0.05) is 48.5 Å². The lowest BCUT2D eigenvalue weighted by Crippen LogP contribution is -2.50. The molecule has 0 unspecified atom stereocenters. The molecule has 0 atom stereocenters. The first-order valence-corrected chi connectivity index (χ1v) is 9.46. The average molecular weight is 377 g/mol. The fourth-order valence-corrected chi connectivity index (χ4v) is 3.48. The average Bonchev–Trinajstić information content (AvgIpc) is 3.17. The van der Waals surface area contributed by atoms with Gasteiger partial charge in [-0.05, 0) is 11.6 Å².